The van der Waals surface area contributed by atoms with Gasteiger partial charge in [-0.3, -0.25) is 0 Å². The van der Waals surface area contributed by atoms with Gasteiger partial charge in [0.05, 0.1) is 14.2 Å². The van der Waals surface area contributed by atoms with Gasteiger partial charge in [0.15, 0.2) is 0 Å². The first kappa shape index (κ1) is 15.8. The molecule has 0 radical (unpaired) electrons. The van der Waals surface area contributed by atoms with Crippen molar-refractivity contribution in [2.24, 2.45) is 0 Å². The van der Waals surface area contributed by atoms with Crippen molar-refractivity contribution in [3.63, 3.8) is 0 Å². The summed E-state index contributed by atoms with van der Waals surface area (Å²) in [4.78, 5) is 0. The molecular formula is C15H26N2O2. The molecule has 4 heteroatoms. The van der Waals surface area contributed by atoms with E-state index in [9.17, 15) is 0 Å². The van der Waals surface area contributed by atoms with Crippen LogP contribution in [0.15, 0.2) is 12.1 Å². The van der Waals surface area contributed by atoms with Crippen molar-refractivity contribution >= 4 is 0 Å². The van der Waals surface area contributed by atoms with Crippen molar-refractivity contribution < 1.29 is 9.47 Å². The predicted octanol–water partition coefficient (Wildman–Crippen LogP) is 2.10. The monoisotopic (exact) mass is 266 g/mol. The minimum Gasteiger partial charge on any atom is -0.496 e. The first-order chi connectivity index (χ1) is 9.22. The lowest BCUT2D eigenvalue weighted by atomic mass is 10.1. The first-order valence-corrected chi connectivity index (χ1v) is 6.79. The Labute approximate surface area is 116 Å². The van der Waals surface area contributed by atoms with Crippen LogP contribution in [-0.4, -0.2) is 34.4 Å². The van der Waals surface area contributed by atoms with E-state index in [0.29, 0.717) is 0 Å². The lowest BCUT2D eigenvalue weighted by Gasteiger charge is -2.13. The van der Waals surface area contributed by atoms with Crippen molar-refractivity contribution in [2.45, 2.75) is 26.3 Å². The zero-order valence-corrected chi connectivity index (χ0v) is 12.5. The van der Waals surface area contributed by atoms with Gasteiger partial charge in [-0.15, -0.1) is 0 Å². The van der Waals surface area contributed by atoms with Crippen LogP contribution in [0.5, 0.6) is 11.5 Å². The Morgan fingerprint density at radius 2 is 1.68 bits per heavy atom. The van der Waals surface area contributed by atoms with Crippen molar-refractivity contribution in [3.8, 4) is 11.5 Å². The molecular weight excluding hydrogens is 240 g/mol. The summed E-state index contributed by atoms with van der Waals surface area (Å²) in [7, 11) is 5.39. The number of benzene rings is 1. The summed E-state index contributed by atoms with van der Waals surface area (Å²) in [5.41, 5.74) is 2.23. The predicted molar refractivity (Wildman–Crippen MR) is 79.2 cm³/mol. The molecule has 108 valence electrons. The molecule has 4 nitrogen and oxygen atoms in total. The third-order valence-corrected chi connectivity index (χ3v) is 3.14. The fourth-order valence-corrected chi connectivity index (χ4v) is 2.03. The van der Waals surface area contributed by atoms with Gasteiger partial charge in [-0.05, 0) is 57.6 Å². The van der Waals surface area contributed by atoms with Crippen LogP contribution in [0.2, 0.25) is 0 Å². The zero-order valence-electron chi connectivity index (χ0n) is 12.5. The van der Waals surface area contributed by atoms with E-state index >= 15 is 0 Å². The molecule has 0 aliphatic rings. The van der Waals surface area contributed by atoms with Crippen LogP contribution in [0, 0.1) is 6.92 Å². The van der Waals surface area contributed by atoms with Crippen LogP contribution in [0.1, 0.15) is 24.0 Å². The van der Waals surface area contributed by atoms with E-state index < -0.39 is 0 Å². The maximum atomic E-state index is 5.42. The number of hydrogen-bond donors (Lipinski definition) is 2. The van der Waals surface area contributed by atoms with E-state index in [4.69, 9.17) is 9.47 Å². The quantitative estimate of drug-likeness (QED) is 0.672. The number of ether oxygens (including phenoxy) is 2. The summed E-state index contributed by atoms with van der Waals surface area (Å²) in [6.45, 7) is 4.92. The highest BCUT2D eigenvalue weighted by Crippen LogP contribution is 2.28. The SMILES string of the molecule is CNCCCCNCc1cc(OC)c(C)cc1OC. The smallest absolute Gasteiger partial charge is 0.123 e. The summed E-state index contributed by atoms with van der Waals surface area (Å²) in [6.07, 6.45) is 2.37. The largest absolute Gasteiger partial charge is 0.496 e. The molecule has 0 saturated carbocycles. The first-order valence-electron chi connectivity index (χ1n) is 6.79. The molecule has 0 unspecified atom stereocenters. The Kier molecular flexibility index (Phi) is 7.30. The lowest BCUT2D eigenvalue weighted by molar-refractivity contribution is 0.394. The minimum atomic E-state index is 0.805. The molecule has 0 amide bonds. The van der Waals surface area contributed by atoms with E-state index in [0.717, 1.165) is 42.3 Å². The molecule has 0 bridgehead atoms. The minimum absolute atomic E-state index is 0.805. The van der Waals surface area contributed by atoms with E-state index in [1.807, 2.05) is 20.0 Å². The summed E-state index contributed by atoms with van der Waals surface area (Å²) < 4.78 is 10.8. The summed E-state index contributed by atoms with van der Waals surface area (Å²) in [5.74, 6) is 1.83. The van der Waals surface area contributed by atoms with Gasteiger partial charge in [-0.2, -0.15) is 0 Å². The number of nitrogens with one attached hydrogen (secondary N) is 2. The molecule has 2 N–H and O–H groups in total. The third-order valence-electron chi connectivity index (χ3n) is 3.14. The molecule has 0 heterocycles. The summed E-state index contributed by atoms with van der Waals surface area (Å²) >= 11 is 0. The highest BCUT2D eigenvalue weighted by molar-refractivity contribution is 5.45. The maximum Gasteiger partial charge on any atom is 0.123 e. The molecule has 0 aliphatic heterocycles. The molecule has 0 aromatic heterocycles. The molecule has 0 aliphatic carbocycles. The van der Waals surface area contributed by atoms with Gasteiger partial charge in [0, 0.05) is 12.1 Å². The number of hydrogen-bond acceptors (Lipinski definition) is 4. The van der Waals surface area contributed by atoms with Crippen LogP contribution in [0.4, 0.5) is 0 Å². The molecule has 0 saturated heterocycles. The fourth-order valence-electron chi connectivity index (χ4n) is 2.03. The summed E-state index contributed by atoms with van der Waals surface area (Å²) in [6, 6.07) is 4.08. The highest BCUT2D eigenvalue weighted by Gasteiger charge is 2.08. The van der Waals surface area contributed by atoms with Crippen LogP contribution >= 0.6 is 0 Å². The normalized spacial score (nSPS) is 10.5. The van der Waals surface area contributed by atoms with Gasteiger partial charge in [0.25, 0.3) is 0 Å². The lowest BCUT2D eigenvalue weighted by Crippen LogP contribution is -2.17. The topological polar surface area (TPSA) is 42.5 Å². The Morgan fingerprint density at radius 3 is 2.32 bits per heavy atom. The average molecular weight is 266 g/mol. The average Bonchev–Trinajstić information content (AvgIpc) is 2.43. The summed E-state index contributed by atoms with van der Waals surface area (Å²) in [5, 5.41) is 6.59. The Hall–Kier alpha value is -1.26. The van der Waals surface area contributed by atoms with Gasteiger partial charge in [-0.25, -0.2) is 0 Å². The highest BCUT2D eigenvalue weighted by atomic mass is 16.5. The van der Waals surface area contributed by atoms with Crippen molar-refractivity contribution in [2.75, 3.05) is 34.4 Å². The van der Waals surface area contributed by atoms with E-state index in [1.54, 1.807) is 14.2 Å². The van der Waals surface area contributed by atoms with Gasteiger partial charge >= 0.3 is 0 Å². The van der Waals surface area contributed by atoms with E-state index in [2.05, 4.69) is 16.7 Å². The van der Waals surface area contributed by atoms with Crippen LogP contribution in [-0.2, 0) is 6.54 Å². The van der Waals surface area contributed by atoms with Gasteiger partial charge in [-0.1, -0.05) is 0 Å². The fraction of sp³-hybridized carbons (Fsp3) is 0.600. The maximum absolute atomic E-state index is 5.42. The number of methoxy groups -OCH3 is 2. The molecule has 0 atom stereocenters. The molecule has 19 heavy (non-hydrogen) atoms. The second-order valence-electron chi connectivity index (χ2n) is 4.62. The number of unbranched alkanes of at least 4 members (excludes halogenated alkanes) is 1. The molecule has 1 rings (SSSR count). The second-order valence-corrected chi connectivity index (χ2v) is 4.62. The number of aryl methyl sites for hydroxylation is 1. The van der Waals surface area contributed by atoms with Crippen molar-refractivity contribution in [1.29, 1.82) is 0 Å². The standard InChI is InChI=1S/C15H26N2O2/c1-12-9-15(19-4)13(10-14(12)18-3)11-17-8-6-5-7-16-2/h9-10,16-17H,5-8,11H2,1-4H3. The molecule has 0 spiro atoms. The Morgan fingerprint density at radius 1 is 1.00 bits per heavy atom. The second kappa shape index (κ2) is 8.77. The Balaban J connectivity index is 2.51. The zero-order chi connectivity index (χ0) is 14.1. The van der Waals surface area contributed by atoms with Crippen LogP contribution < -0.4 is 20.1 Å². The van der Waals surface area contributed by atoms with Crippen molar-refractivity contribution in [3.05, 3.63) is 23.3 Å². The number of rotatable bonds is 9. The third kappa shape index (κ3) is 5.09. The Bertz CT molecular complexity index is 381. The van der Waals surface area contributed by atoms with Crippen LogP contribution in [0.25, 0.3) is 0 Å². The molecule has 1 aromatic rings. The van der Waals surface area contributed by atoms with Crippen molar-refractivity contribution in [1.82, 2.24) is 10.6 Å². The van der Waals surface area contributed by atoms with Gasteiger partial charge in [0.2, 0.25) is 0 Å². The molecule has 0 fully saturated rings. The molecule has 1 aromatic carbocycles. The van der Waals surface area contributed by atoms with Crippen LogP contribution in [0.3, 0.4) is 0 Å². The van der Waals surface area contributed by atoms with Gasteiger partial charge < -0.3 is 20.1 Å². The van der Waals surface area contributed by atoms with E-state index in [1.165, 1.54) is 12.8 Å². The van der Waals surface area contributed by atoms with E-state index in [-0.39, 0.29) is 0 Å². The van der Waals surface area contributed by atoms with Gasteiger partial charge in [0.1, 0.15) is 11.5 Å².